The number of aliphatic carboxylic acids is 1. The Labute approximate surface area is 90.7 Å². The molecule has 1 aliphatic rings. The van der Waals surface area contributed by atoms with Crippen LogP contribution in [0.3, 0.4) is 0 Å². The molecular weight excluding hydrogens is 194 g/mol. The second-order valence-corrected chi connectivity index (χ2v) is 4.37. The molecule has 15 heavy (non-hydrogen) atoms. The molecule has 1 rings (SSSR count). The highest BCUT2D eigenvalue weighted by Gasteiger charge is 2.38. The lowest BCUT2D eigenvalue weighted by atomic mass is 9.75. The number of carboxylic acid groups (broad SMARTS) is 1. The van der Waals surface area contributed by atoms with Crippen LogP contribution in [0.4, 0.5) is 0 Å². The van der Waals surface area contributed by atoms with E-state index in [9.17, 15) is 9.90 Å². The SMILES string of the molecule is O=C(O)C1(CCCCCO)CCNCC1. The van der Waals surface area contributed by atoms with E-state index in [0.29, 0.717) is 0 Å². The van der Waals surface area contributed by atoms with Crippen molar-refractivity contribution in [2.45, 2.75) is 38.5 Å². The third kappa shape index (κ3) is 3.47. The Hall–Kier alpha value is -0.610. The molecular formula is C11H21NO3. The molecule has 4 heteroatoms. The minimum Gasteiger partial charge on any atom is -0.481 e. The predicted octanol–water partition coefficient (Wildman–Crippen LogP) is 0.994. The highest BCUT2D eigenvalue weighted by molar-refractivity contribution is 5.74. The molecule has 0 amide bonds. The van der Waals surface area contributed by atoms with E-state index in [2.05, 4.69) is 5.32 Å². The van der Waals surface area contributed by atoms with E-state index in [1.807, 2.05) is 0 Å². The van der Waals surface area contributed by atoms with Gasteiger partial charge in [-0.05, 0) is 38.8 Å². The van der Waals surface area contributed by atoms with E-state index in [-0.39, 0.29) is 6.61 Å². The molecule has 1 heterocycles. The molecule has 4 nitrogen and oxygen atoms in total. The Morgan fingerprint density at radius 1 is 1.20 bits per heavy atom. The van der Waals surface area contributed by atoms with Crippen LogP contribution in [0.5, 0.6) is 0 Å². The number of unbranched alkanes of at least 4 members (excludes halogenated alkanes) is 2. The van der Waals surface area contributed by atoms with Crippen molar-refractivity contribution in [3.8, 4) is 0 Å². The first-order valence-electron chi connectivity index (χ1n) is 5.76. The topological polar surface area (TPSA) is 69.6 Å². The second kappa shape index (κ2) is 6.08. The lowest BCUT2D eigenvalue weighted by Crippen LogP contribution is -2.42. The van der Waals surface area contributed by atoms with Gasteiger partial charge >= 0.3 is 5.97 Å². The van der Waals surface area contributed by atoms with Gasteiger partial charge in [0.25, 0.3) is 0 Å². The zero-order valence-corrected chi connectivity index (χ0v) is 9.17. The van der Waals surface area contributed by atoms with Crippen LogP contribution in [0.25, 0.3) is 0 Å². The fourth-order valence-corrected chi connectivity index (χ4v) is 2.23. The highest BCUT2D eigenvalue weighted by atomic mass is 16.4. The van der Waals surface area contributed by atoms with E-state index in [1.165, 1.54) is 0 Å². The molecule has 0 aromatic carbocycles. The van der Waals surface area contributed by atoms with Gasteiger partial charge in [0.15, 0.2) is 0 Å². The molecule has 1 fully saturated rings. The summed E-state index contributed by atoms with van der Waals surface area (Å²) in [5.41, 5.74) is -0.499. The predicted molar refractivity (Wildman–Crippen MR) is 57.7 cm³/mol. The van der Waals surface area contributed by atoms with Crippen LogP contribution in [0.1, 0.15) is 38.5 Å². The van der Waals surface area contributed by atoms with E-state index in [1.54, 1.807) is 0 Å². The van der Waals surface area contributed by atoms with Crippen molar-refractivity contribution in [1.82, 2.24) is 5.32 Å². The van der Waals surface area contributed by atoms with Crippen molar-refractivity contribution < 1.29 is 15.0 Å². The van der Waals surface area contributed by atoms with Crippen molar-refractivity contribution in [3.63, 3.8) is 0 Å². The normalized spacial score (nSPS) is 20.1. The average molecular weight is 215 g/mol. The summed E-state index contributed by atoms with van der Waals surface area (Å²) in [6.45, 7) is 1.83. The first-order valence-corrected chi connectivity index (χ1v) is 5.76. The molecule has 0 aromatic heterocycles. The molecule has 0 atom stereocenters. The van der Waals surface area contributed by atoms with Gasteiger partial charge in [-0.2, -0.15) is 0 Å². The molecule has 0 aliphatic carbocycles. The fraction of sp³-hybridized carbons (Fsp3) is 0.909. The minimum atomic E-state index is -0.645. The molecule has 1 saturated heterocycles. The fourth-order valence-electron chi connectivity index (χ4n) is 2.23. The summed E-state index contributed by atoms with van der Waals surface area (Å²) in [6, 6.07) is 0. The standard InChI is InChI=1S/C11H21NO3/c13-9-3-1-2-4-11(10(14)15)5-7-12-8-6-11/h12-13H,1-9H2,(H,14,15). The van der Waals surface area contributed by atoms with Gasteiger partial charge in [0, 0.05) is 6.61 Å². The first-order chi connectivity index (χ1) is 7.21. The molecule has 0 spiro atoms. The van der Waals surface area contributed by atoms with Crippen LogP contribution < -0.4 is 5.32 Å². The first kappa shape index (κ1) is 12.5. The monoisotopic (exact) mass is 215 g/mol. The quantitative estimate of drug-likeness (QED) is 0.578. The maximum Gasteiger partial charge on any atom is 0.309 e. The Bertz CT molecular complexity index is 200. The molecule has 1 aliphatic heterocycles. The number of aliphatic hydroxyl groups is 1. The number of aliphatic hydroxyl groups excluding tert-OH is 1. The maximum absolute atomic E-state index is 11.3. The maximum atomic E-state index is 11.3. The van der Waals surface area contributed by atoms with Crippen molar-refractivity contribution in [2.75, 3.05) is 19.7 Å². The number of piperidine rings is 1. The number of hydrogen-bond donors (Lipinski definition) is 3. The van der Waals surface area contributed by atoms with Crippen LogP contribution in [-0.4, -0.2) is 35.9 Å². The summed E-state index contributed by atoms with van der Waals surface area (Å²) in [7, 11) is 0. The Balaban J connectivity index is 2.39. The zero-order valence-electron chi connectivity index (χ0n) is 9.17. The molecule has 3 N–H and O–H groups in total. The van der Waals surface area contributed by atoms with Gasteiger partial charge in [0.05, 0.1) is 5.41 Å². The van der Waals surface area contributed by atoms with Gasteiger partial charge < -0.3 is 15.5 Å². The van der Waals surface area contributed by atoms with Crippen LogP contribution in [0, 0.1) is 5.41 Å². The smallest absolute Gasteiger partial charge is 0.309 e. The summed E-state index contributed by atoms with van der Waals surface area (Å²) >= 11 is 0. The molecule has 0 aromatic rings. The van der Waals surface area contributed by atoms with Gasteiger partial charge in [-0.25, -0.2) is 0 Å². The van der Waals surface area contributed by atoms with Gasteiger partial charge in [0.2, 0.25) is 0 Å². The van der Waals surface area contributed by atoms with Gasteiger partial charge in [0.1, 0.15) is 0 Å². The van der Waals surface area contributed by atoms with E-state index in [4.69, 9.17) is 5.11 Å². The van der Waals surface area contributed by atoms with E-state index in [0.717, 1.165) is 51.6 Å². The lowest BCUT2D eigenvalue weighted by Gasteiger charge is -2.33. The largest absolute Gasteiger partial charge is 0.481 e. The van der Waals surface area contributed by atoms with Crippen molar-refractivity contribution in [2.24, 2.45) is 5.41 Å². The third-order valence-corrected chi connectivity index (χ3v) is 3.33. The summed E-state index contributed by atoms with van der Waals surface area (Å²) in [5, 5.41) is 21.1. The van der Waals surface area contributed by atoms with Crippen LogP contribution in [0.15, 0.2) is 0 Å². The number of carboxylic acids is 1. The Kier molecular flexibility index (Phi) is 5.05. The van der Waals surface area contributed by atoms with Crippen LogP contribution >= 0.6 is 0 Å². The van der Waals surface area contributed by atoms with E-state index >= 15 is 0 Å². The molecule has 0 radical (unpaired) electrons. The van der Waals surface area contributed by atoms with E-state index < -0.39 is 11.4 Å². The van der Waals surface area contributed by atoms with Crippen molar-refractivity contribution in [1.29, 1.82) is 0 Å². The summed E-state index contributed by atoms with van der Waals surface area (Å²) in [5.74, 6) is -0.645. The molecule has 0 bridgehead atoms. The number of carbonyl (C=O) groups is 1. The van der Waals surface area contributed by atoms with Gasteiger partial charge in [-0.1, -0.05) is 12.8 Å². The number of nitrogens with one attached hydrogen (secondary N) is 1. The number of rotatable bonds is 6. The number of hydrogen-bond acceptors (Lipinski definition) is 3. The average Bonchev–Trinajstić information content (AvgIpc) is 2.26. The third-order valence-electron chi connectivity index (χ3n) is 3.33. The second-order valence-electron chi connectivity index (χ2n) is 4.37. The summed E-state index contributed by atoms with van der Waals surface area (Å²) < 4.78 is 0. The molecule has 0 saturated carbocycles. The van der Waals surface area contributed by atoms with Crippen molar-refractivity contribution in [3.05, 3.63) is 0 Å². The van der Waals surface area contributed by atoms with Crippen LogP contribution in [0.2, 0.25) is 0 Å². The Morgan fingerprint density at radius 2 is 1.87 bits per heavy atom. The highest BCUT2D eigenvalue weighted by Crippen LogP contribution is 2.34. The summed E-state index contributed by atoms with van der Waals surface area (Å²) in [4.78, 5) is 11.3. The van der Waals surface area contributed by atoms with Crippen molar-refractivity contribution >= 4 is 5.97 Å². The lowest BCUT2D eigenvalue weighted by molar-refractivity contribution is -0.151. The molecule has 0 unspecified atom stereocenters. The summed E-state index contributed by atoms with van der Waals surface area (Å²) in [6.07, 6.45) is 4.85. The van der Waals surface area contributed by atoms with Gasteiger partial charge in [-0.15, -0.1) is 0 Å². The zero-order chi connectivity index (χ0) is 11.1. The van der Waals surface area contributed by atoms with Crippen LogP contribution in [-0.2, 0) is 4.79 Å². The van der Waals surface area contributed by atoms with Gasteiger partial charge in [-0.3, -0.25) is 4.79 Å². The molecule has 88 valence electrons. The Morgan fingerprint density at radius 3 is 2.40 bits per heavy atom. The minimum absolute atomic E-state index is 0.210.